The number of nitrogens with one attached hydrogen (secondary N) is 6. The third-order valence-corrected chi connectivity index (χ3v) is 19.4. The van der Waals surface area contributed by atoms with Crippen LogP contribution in [0.4, 0.5) is 42.9 Å². The average molecular weight is 1990 g/mol. The van der Waals surface area contributed by atoms with E-state index in [0.717, 1.165) is 65.8 Å². The normalized spacial score (nSPS) is 11.0. The quantitative estimate of drug-likeness (QED) is 0.0103. The fourth-order valence-electron chi connectivity index (χ4n) is 11.7. The van der Waals surface area contributed by atoms with Crippen LogP contribution in [0.15, 0.2) is 316 Å². The Bertz CT molecular complexity index is 6760. The monoisotopic (exact) mass is 1990 g/mol. The molecule has 0 fully saturated rings. The number of aliphatic hydroxyl groups excluding tert-OH is 6. The molecule has 0 heterocycles. The Morgan fingerprint density at radius 2 is 0.608 bits per heavy atom. The first kappa shape index (κ1) is 112. The summed E-state index contributed by atoms with van der Waals surface area (Å²) in [6.45, 7) is 6.20. The fourth-order valence-corrected chi connectivity index (χ4v) is 12.0. The van der Waals surface area contributed by atoms with Crippen molar-refractivity contribution in [2.75, 3.05) is 88.3 Å². The van der Waals surface area contributed by atoms with Crippen LogP contribution >= 0.6 is 23.2 Å². The number of benzene rings is 12. The molecule has 6 amide bonds. The predicted molar refractivity (Wildman–Crippen MR) is 539 cm³/mol. The zero-order valence-corrected chi connectivity index (χ0v) is 79.6. The molecule has 0 aliphatic carbocycles. The number of hydrogen-bond donors (Lipinski definition) is 12. The lowest BCUT2D eigenvalue weighted by Crippen LogP contribution is -2.21. The highest BCUT2D eigenvalue weighted by atomic mass is 35.5. The topological polar surface area (TPSA) is 472 Å². The van der Waals surface area contributed by atoms with Gasteiger partial charge in [0.05, 0.1) is 84.7 Å². The molecule has 738 valence electrons. The Balaban J connectivity index is 0.000000233. The van der Waals surface area contributed by atoms with E-state index >= 15 is 0 Å². The van der Waals surface area contributed by atoms with E-state index < -0.39 is 99.1 Å². The van der Waals surface area contributed by atoms with Crippen LogP contribution in [0.3, 0.4) is 0 Å². The molecule has 0 atom stereocenters. The molecule has 0 saturated heterocycles. The summed E-state index contributed by atoms with van der Waals surface area (Å²) in [5.41, 5.74) is 5.74. The molecule has 0 bridgehead atoms. The molecule has 32 nitrogen and oxygen atoms in total. The van der Waals surface area contributed by atoms with Gasteiger partial charge in [-0.05, 0) is 190 Å². The highest BCUT2D eigenvalue weighted by Crippen LogP contribution is 2.33. The molecular weight excluding hydrogens is 1890 g/mol. The van der Waals surface area contributed by atoms with Gasteiger partial charge in [0.1, 0.15) is 92.2 Å². The molecular formula is C107H96Cl2F2N6O26. The highest BCUT2D eigenvalue weighted by Gasteiger charge is 2.23. The minimum atomic E-state index is -1.05. The molecule has 0 aliphatic heterocycles. The maximum absolute atomic E-state index is 13.4. The lowest BCUT2D eigenvalue weighted by molar-refractivity contribution is -0.132. The zero-order chi connectivity index (χ0) is 105. The maximum Gasteiger partial charge on any atom is 0.296 e. The van der Waals surface area contributed by atoms with Gasteiger partial charge in [-0.25, -0.2) is 8.78 Å². The van der Waals surface area contributed by atoms with Crippen molar-refractivity contribution in [1.82, 2.24) is 0 Å². The number of hydrogen-bond acceptors (Lipinski definition) is 26. The predicted octanol–water partition coefficient (Wildman–Crippen LogP) is 19.4. The molecule has 12 N–H and O–H groups in total. The second-order valence-electron chi connectivity index (χ2n) is 29.1. The van der Waals surface area contributed by atoms with Crippen molar-refractivity contribution < 1.29 is 135 Å². The first-order chi connectivity index (χ1) is 68.4. The third kappa shape index (κ3) is 36.5. The van der Waals surface area contributed by atoms with Gasteiger partial charge in [0.15, 0.2) is 0 Å². The van der Waals surface area contributed by atoms with E-state index in [1.54, 1.807) is 182 Å². The zero-order valence-electron chi connectivity index (χ0n) is 78.1. The lowest BCUT2D eigenvalue weighted by atomic mass is 10.1. The SMILES string of the molecule is CCOc1ccc(C(O)=CC(=O)C(=O)Nc2ccc(C)cc2)cc1.COc1ccc(C)cc1NC(=O)C(=O)C=C(O)c1ccccc1.COc1ccc(Cl)cc1NC(=O)C(=O)C=C(O)c1ccc(F)cc1.COc1ccc(OC)c(C(O)=CC(=O)C(=O)Nc2cc(Cl)ccc2OC)c1.COc1cccc(C(O)=CC(=O)C(=O)Nc2ccccc2F)c1.COc1cccc(NC(=O)C(=O)C=C(O)c2ccccc2)c1. The van der Waals surface area contributed by atoms with Crippen LogP contribution in [-0.2, 0) is 57.5 Å². The molecule has 0 unspecified atom stereocenters. The van der Waals surface area contributed by atoms with E-state index in [9.17, 15) is 97.0 Å². The minimum Gasteiger partial charge on any atom is -0.507 e. The van der Waals surface area contributed by atoms with Crippen LogP contribution in [0.1, 0.15) is 51.4 Å². The smallest absolute Gasteiger partial charge is 0.296 e. The first-order valence-corrected chi connectivity index (χ1v) is 43.0. The van der Waals surface area contributed by atoms with E-state index in [1.165, 1.54) is 110 Å². The molecule has 12 aromatic carbocycles. The molecule has 36 heteroatoms. The van der Waals surface area contributed by atoms with E-state index in [2.05, 4.69) is 31.9 Å². The molecule has 0 aliphatic rings. The standard InChI is InChI=1S/C19H18ClNO6.C19H19NO4.C18H17NO4.C17H13ClFNO4.C17H14FNO4.C17H15NO4/c1-25-12-5-7-17(26-2)13(9-12)15(22)10-16(23)19(24)21-14-8-11(20)4-6-18(14)27-3;1-3-24-16-10-6-14(7-11-16)17(21)12-18(22)19(23)20-15-8-4-13(2)5-9-15;1-12-8-9-17(23-2)14(10-12)19-18(22)16(21)11-15(20)13-6-4-3-5-7-13;1-24-16-7-4-11(18)8-13(16)20-17(23)15(22)9-14(21)10-2-5-12(19)6-3-10;1-23-12-6-4-5-11(9-12)15(20)10-16(21)17(22)19-14-8-3-2-7-13(14)18;1-22-14-9-5-8-13(10-14)18-17(21)16(20)11-15(19)12-6-3-2-4-7-12/h4-10,22H,1-3H3,(H,21,24);4-12,21H,3H2,1-2H3,(H,20,23);3-11,20H,1-2H3,(H,19,22);2-9,21H,1H3,(H,20,23);2-10,20H,1H3,(H,19,22);2-11,19H,1H3,(H,18,21). The van der Waals surface area contributed by atoms with Crippen molar-refractivity contribution in [3.05, 3.63) is 382 Å². The Morgan fingerprint density at radius 3 is 1.03 bits per heavy atom. The minimum absolute atomic E-state index is 0.111. The van der Waals surface area contributed by atoms with Crippen molar-refractivity contribution in [3.63, 3.8) is 0 Å². The summed E-state index contributed by atoms with van der Waals surface area (Å²) in [5.74, 6) is -10.6. The Kier molecular flexibility index (Phi) is 44.4. The number of rotatable bonds is 33. The summed E-state index contributed by atoms with van der Waals surface area (Å²) in [4.78, 5) is 143. The maximum atomic E-state index is 13.4. The van der Waals surface area contributed by atoms with Gasteiger partial charge in [-0.3, -0.25) is 57.5 Å². The van der Waals surface area contributed by atoms with Gasteiger partial charge in [-0.2, -0.15) is 0 Å². The summed E-state index contributed by atoms with van der Waals surface area (Å²) in [7, 11) is 10.1. The van der Waals surface area contributed by atoms with E-state index in [-0.39, 0.29) is 45.5 Å². The van der Waals surface area contributed by atoms with Crippen molar-refractivity contribution in [3.8, 4) is 46.0 Å². The number of carbonyl (C=O) groups is 12. The Labute approximate surface area is 829 Å². The van der Waals surface area contributed by atoms with Crippen LogP contribution in [0.5, 0.6) is 46.0 Å². The largest absolute Gasteiger partial charge is 0.507 e. The van der Waals surface area contributed by atoms with Gasteiger partial charge in [0, 0.05) is 91.8 Å². The van der Waals surface area contributed by atoms with Gasteiger partial charge < -0.3 is 100 Å². The second kappa shape index (κ2) is 56.9. The fraction of sp³-hybridized carbons (Fsp3) is 0.103. The number of ether oxygens (including phenoxy) is 8. The summed E-state index contributed by atoms with van der Waals surface area (Å²) in [5, 5.41) is 74.7. The van der Waals surface area contributed by atoms with Gasteiger partial charge >= 0.3 is 0 Å². The van der Waals surface area contributed by atoms with E-state index in [0.29, 0.717) is 102 Å². The van der Waals surface area contributed by atoms with Crippen LogP contribution < -0.4 is 69.8 Å². The molecule has 0 radical (unpaired) electrons. The van der Waals surface area contributed by atoms with Crippen molar-refractivity contribution in [1.29, 1.82) is 0 Å². The third-order valence-electron chi connectivity index (χ3n) is 18.9. The van der Waals surface area contributed by atoms with Crippen molar-refractivity contribution >= 4 is 162 Å². The van der Waals surface area contributed by atoms with Crippen molar-refractivity contribution in [2.24, 2.45) is 0 Å². The molecule has 0 spiro atoms. The van der Waals surface area contributed by atoms with Crippen LogP contribution in [0.25, 0.3) is 34.6 Å². The van der Waals surface area contributed by atoms with Crippen LogP contribution in [0.2, 0.25) is 10.0 Å². The Hall–Kier alpha value is -18.4. The van der Waals surface area contributed by atoms with Gasteiger partial charge in [0.25, 0.3) is 35.4 Å². The van der Waals surface area contributed by atoms with Gasteiger partial charge in [0.2, 0.25) is 34.7 Å². The molecule has 12 aromatic rings. The van der Waals surface area contributed by atoms with E-state index in [4.69, 9.17) is 61.1 Å². The van der Waals surface area contributed by atoms with E-state index in [1.807, 2.05) is 39.0 Å². The number of carbonyl (C=O) groups excluding carboxylic acids is 12. The molecule has 12 rings (SSSR count). The number of methoxy groups -OCH3 is 7. The summed E-state index contributed by atoms with van der Waals surface area (Å²) >= 11 is 11.7. The number of ketones is 6. The molecule has 143 heavy (non-hydrogen) atoms. The van der Waals surface area contributed by atoms with Crippen molar-refractivity contribution in [2.45, 2.75) is 20.8 Å². The summed E-state index contributed by atoms with van der Waals surface area (Å²) in [6, 6.07) is 73.0. The first-order valence-electron chi connectivity index (χ1n) is 42.2. The molecule has 0 saturated carbocycles. The highest BCUT2D eigenvalue weighted by molar-refractivity contribution is 6.48. The lowest BCUT2D eigenvalue weighted by Gasteiger charge is -2.10. The summed E-state index contributed by atoms with van der Waals surface area (Å²) < 4.78 is 67.1. The number of aliphatic hydroxyl groups is 6. The number of anilines is 6. The number of halogens is 4. The second-order valence-corrected chi connectivity index (χ2v) is 29.9. The van der Waals surface area contributed by atoms with Gasteiger partial charge in [-0.1, -0.05) is 138 Å². The number of aryl methyl sites for hydroxylation is 2. The van der Waals surface area contributed by atoms with Gasteiger partial charge in [-0.15, -0.1) is 0 Å². The molecule has 0 aromatic heterocycles. The Morgan fingerprint density at radius 1 is 0.280 bits per heavy atom. The number of para-hydroxylation sites is 1. The van der Waals surface area contributed by atoms with Crippen LogP contribution in [-0.4, -0.2) is 157 Å². The van der Waals surface area contributed by atoms with Crippen LogP contribution in [0, 0.1) is 25.5 Å². The number of amides is 6. The summed E-state index contributed by atoms with van der Waals surface area (Å²) in [6.07, 6.45) is 5.01. The average Bonchev–Trinajstić information content (AvgIpc) is 0.831.